The smallest absolute Gasteiger partial charge is 0.337 e. The first-order chi connectivity index (χ1) is 10.1. The normalized spacial score (nSPS) is 10.0. The fourth-order valence-electron chi connectivity index (χ4n) is 1.86. The van der Waals surface area contributed by atoms with E-state index in [2.05, 4.69) is 26.0 Å². The quantitative estimate of drug-likeness (QED) is 0.832. The first-order valence-electron chi connectivity index (χ1n) is 6.38. The summed E-state index contributed by atoms with van der Waals surface area (Å²) in [4.78, 5) is 11.3. The molecular weight excluding hydrogens is 334 g/mol. The summed E-state index contributed by atoms with van der Waals surface area (Å²) in [6, 6.07) is 13.1. The molecule has 2 aromatic rings. The average molecular weight is 350 g/mol. The van der Waals surface area contributed by atoms with Gasteiger partial charge in [0.15, 0.2) is 0 Å². The Morgan fingerprint density at radius 2 is 1.86 bits per heavy atom. The molecular formula is C16H16BrNO3. The standard InChI is InChI=1S/C16H16BrNO3/c1-20-15-8-7-13(9-14(15)17)18-10-11-3-5-12(6-4-11)16(19)21-2/h3-9,18H,10H2,1-2H3. The van der Waals surface area contributed by atoms with Gasteiger partial charge >= 0.3 is 5.97 Å². The molecule has 0 atom stereocenters. The topological polar surface area (TPSA) is 47.6 Å². The van der Waals surface area contributed by atoms with Crippen LogP contribution in [0.5, 0.6) is 5.75 Å². The molecule has 0 unspecified atom stereocenters. The third kappa shape index (κ3) is 3.98. The number of carbonyl (C=O) groups is 1. The molecule has 0 spiro atoms. The van der Waals surface area contributed by atoms with E-state index in [0.29, 0.717) is 12.1 Å². The minimum Gasteiger partial charge on any atom is -0.496 e. The predicted octanol–water partition coefficient (Wildman–Crippen LogP) is 3.86. The fraction of sp³-hybridized carbons (Fsp3) is 0.188. The van der Waals surface area contributed by atoms with Gasteiger partial charge in [-0.2, -0.15) is 0 Å². The number of nitrogens with one attached hydrogen (secondary N) is 1. The molecule has 0 aliphatic rings. The van der Waals surface area contributed by atoms with Crippen molar-refractivity contribution in [2.24, 2.45) is 0 Å². The van der Waals surface area contributed by atoms with Gasteiger partial charge < -0.3 is 14.8 Å². The number of rotatable bonds is 5. The number of hydrogen-bond donors (Lipinski definition) is 1. The second-order valence-corrected chi connectivity index (χ2v) is 5.25. The molecule has 110 valence electrons. The molecule has 0 radical (unpaired) electrons. The lowest BCUT2D eigenvalue weighted by Gasteiger charge is -2.09. The molecule has 0 saturated heterocycles. The Bertz CT molecular complexity index is 626. The summed E-state index contributed by atoms with van der Waals surface area (Å²) < 4.78 is 10.8. The van der Waals surface area contributed by atoms with Gasteiger partial charge in [0, 0.05) is 12.2 Å². The fourth-order valence-corrected chi connectivity index (χ4v) is 2.40. The number of esters is 1. The number of carbonyl (C=O) groups excluding carboxylic acids is 1. The highest BCUT2D eigenvalue weighted by Crippen LogP contribution is 2.27. The van der Waals surface area contributed by atoms with E-state index >= 15 is 0 Å². The van der Waals surface area contributed by atoms with Gasteiger partial charge in [0.1, 0.15) is 5.75 Å². The second-order valence-electron chi connectivity index (χ2n) is 4.39. The molecule has 2 aromatic carbocycles. The molecule has 0 amide bonds. The van der Waals surface area contributed by atoms with Crippen molar-refractivity contribution in [2.45, 2.75) is 6.54 Å². The monoisotopic (exact) mass is 349 g/mol. The van der Waals surface area contributed by atoms with Crippen molar-refractivity contribution in [1.82, 2.24) is 0 Å². The van der Waals surface area contributed by atoms with Gasteiger partial charge in [-0.15, -0.1) is 0 Å². The van der Waals surface area contributed by atoms with E-state index in [-0.39, 0.29) is 5.97 Å². The third-order valence-corrected chi connectivity index (χ3v) is 3.64. The molecule has 0 bridgehead atoms. The minimum absolute atomic E-state index is 0.325. The first-order valence-corrected chi connectivity index (χ1v) is 7.18. The van der Waals surface area contributed by atoms with Gasteiger partial charge in [-0.05, 0) is 51.8 Å². The van der Waals surface area contributed by atoms with Crippen LogP contribution in [-0.2, 0) is 11.3 Å². The van der Waals surface area contributed by atoms with Crippen molar-refractivity contribution in [2.75, 3.05) is 19.5 Å². The Labute approximate surface area is 132 Å². The predicted molar refractivity (Wildman–Crippen MR) is 85.8 cm³/mol. The summed E-state index contributed by atoms with van der Waals surface area (Å²) in [6.07, 6.45) is 0. The molecule has 1 N–H and O–H groups in total. The SMILES string of the molecule is COC(=O)c1ccc(CNc2ccc(OC)c(Br)c2)cc1. The second kappa shape index (κ2) is 7.13. The minimum atomic E-state index is -0.325. The number of benzene rings is 2. The van der Waals surface area contributed by atoms with Crippen LogP contribution in [0.3, 0.4) is 0 Å². The highest BCUT2D eigenvalue weighted by Gasteiger charge is 2.05. The molecule has 5 heteroatoms. The number of methoxy groups -OCH3 is 2. The van der Waals surface area contributed by atoms with Crippen LogP contribution in [0, 0.1) is 0 Å². The Morgan fingerprint density at radius 1 is 1.14 bits per heavy atom. The molecule has 0 fully saturated rings. The van der Waals surface area contributed by atoms with Crippen molar-refractivity contribution in [3.05, 3.63) is 58.1 Å². The van der Waals surface area contributed by atoms with E-state index in [9.17, 15) is 4.79 Å². The van der Waals surface area contributed by atoms with Crippen LogP contribution in [0.1, 0.15) is 15.9 Å². The highest BCUT2D eigenvalue weighted by molar-refractivity contribution is 9.10. The van der Waals surface area contributed by atoms with E-state index in [1.54, 1.807) is 19.2 Å². The van der Waals surface area contributed by atoms with Crippen LogP contribution in [0.4, 0.5) is 5.69 Å². The summed E-state index contributed by atoms with van der Waals surface area (Å²) >= 11 is 3.45. The Balaban J connectivity index is 1.99. The molecule has 0 aromatic heterocycles. The van der Waals surface area contributed by atoms with Crippen LogP contribution >= 0.6 is 15.9 Å². The lowest BCUT2D eigenvalue weighted by molar-refractivity contribution is 0.0600. The van der Waals surface area contributed by atoms with Crippen molar-refractivity contribution < 1.29 is 14.3 Å². The van der Waals surface area contributed by atoms with Crippen molar-refractivity contribution >= 4 is 27.6 Å². The van der Waals surface area contributed by atoms with E-state index in [1.165, 1.54) is 7.11 Å². The van der Waals surface area contributed by atoms with Crippen LogP contribution in [0.2, 0.25) is 0 Å². The van der Waals surface area contributed by atoms with Crippen molar-refractivity contribution in [3.8, 4) is 5.75 Å². The summed E-state index contributed by atoms with van der Waals surface area (Å²) in [5, 5.41) is 3.31. The Kier molecular flexibility index (Phi) is 5.22. The molecule has 0 heterocycles. The number of ether oxygens (including phenoxy) is 2. The highest BCUT2D eigenvalue weighted by atomic mass is 79.9. The van der Waals surface area contributed by atoms with Gasteiger partial charge in [-0.3, -0.25) is 0 Å². The number of hydrogen-bond acceptors (Lipinski definition) is 4. The van der Waals surface area contributed by atoms with Crippen LogP contribution in [-0.4, -0.2) is 20.2 Å². The van der Waals surface area contributed by atoms with Crippen LogP contribution in [0.25, 0.3) is 0 Å². The maximum Gasteiger partial charge on any atom is 0.337 e. The van der Waals surface area contributed by atoms with Gasteiger partial charge in [0.25, 0.3) is 0 Å². The summed E-state index contributed by atoms with van der Waals surface area (Å²) in [5.74, 6) is 0.469. The van der Waals surface area contributed by atoms with Crippen molar-refractivity contribution in [1.29, 1.82) is 0 Å². The van der Waals surface area contributed by atoms with E-state index in [4.69, 9.17) is 4.74 Å². The molecule has 0 aliphatic carbocycles. The molecule has 0 aliphatic heterocycles. The number of anilines is 1. The summed E-state index contributed by atoms with van der Waals surface area (Å²) in [5.41, 5.74) is 2.61. The van der Waals surface area contributed by atoms with Crippen LogP contribution < -0.4 is 10.1 Å². The summed E-state index contributed by atoms with van der Waals surface area (Å²) in [6.45, 7) is 0.667. The Morgan fingerprint density at radius 3 is 2.43 bits per heavy atom. The molecule has 21 heavy (non-hydrogen) atoms. The van der Waals surface area contributed by atoms with Gasteiger partial charge in [0.2, 0.25) is 0 Å². The van der Waals surface area contributed by atoms with Crippen molar-refractivity contribution in [3.63, 3.8) is 0 Å². The third-order valence-electron chi connectivity index (χ3n) is 3.02. The maximum atomic E-state index is 11.3. The van der Waals surface area contributed by atoms with E-state index in [0.717, 1.165) is 21.5 Å². The van der Waals surface area contributed by atoms with E-state index in [1.807, 2.05) is 30.3 Å². The zero-order valence-corrected chi connectivity index (χ0v) is 13.4. The molecule has 0 saturated carbocycles. The van der Waals surface area contributed by atoms with Gasteiger partial charge in [-0.1, -0.05) is 12.1 Å². The maximum absolute atomic E-state index is 11.3. The lowest BCUT2D eigenvalue weighted by Crippen LogP contribution is -2.03. The Hall–Kier alpha value is -2.01. The first kappa shape index (κ1) is 15.4. The molecule has 2 rings (SSSR count). The lowest BCUT2D eigenvalue weighted by atomic mass is 10.1. The largest absolute Gasteiger partial charge is 0.496 e. The summed E-state index contributed by atoms with van der Waals surface area (Å²) in [7, 11) is 3.01. The van der Waals surface area contributed by atoms with Gasteiger partial charge in [0.05, 0.1) is 24.3 Å². The number of halogens is 1. The van der Waals surface area contributed by atoms with Gasteiger partial charge in [-0.25, -0.2) is 4.79 Å². The van der Waals surface area contributed by atoms with Crippen LogP contribution in [0.15, 0.2) is 46.9 Å². The average Bonchev–Trinajstić information content (AvgIpc) is 2.52. The zero-order chi connectivity index (χ0) is 15.2. The molecule has 4 nitrogen and oxygen atoms in total. The zero-order valence-electron chi connectivity index (χ0n) is 11.9. The van der Waals surface area contributed by atoms with E-state index < -0.39 is 0 Å².